The minimum atomic E-state index is -0.220. The molecule has 0 spiro atoms. The molecule has 0 aliphatic heterocycles. The van der Waals surface area contributed by atoms with Crippen molar-refractivity contribution in [3.63, 3.8) is 0 Å². The van der Waals surface area contributed by atoms with Crippen molar-refractivity contribution in [2.45, 2.75) is 6.92 Å². The summed E-state index contributed by atoms with van der Waals surface area (Å²) in [6.07, 6.45) is 0. The van der Waals surface area contributed by atoms with E-state index in [-0.39, 0.29) is 5.91 Å². The topological polar surface area (TPSA) is 67.8 Å². The predicted octanol–water partition coefficient (Wildman–Crippen LogP) is 3.47. The summed E-state index contributed by atoms with van der Waals surface area (Å²) in [5.74, 6) is -0.220. The molecule has 0 fully saturated rings. The van der Waals surface area contributed by atoms with Crippen molar-refractivity contribution >= 4 is 60.1 Å². The number of carbonyl (C=O) groups is 1. The quantitative estimate of drug-likeness (QED) is 0.764. The number of benzene rings is 1. The summed E-state index contributed by atoms with van der Waals surface area (Å²) in [7, 11) is 0. The number of aryl methyl sites for hydroxylation is 1. The maximum absolute atomic E-state index is 12.0. The van der Waals surface area contributed by atoms with Crippen molar-refractivity contribution in [2.75, 3.05) is 5.32 Å². The second-order valence-corrected chi connectivity index (χ2v) is 6.39. The number of thiazole rings is 1. The van der Waals surface area contributed by atoms with E-state index in [0.717, 1.165) is 26.2 Å². The number of aromatic nitrogens is 3. The number of anilines is 1. The van der Waals surface area contributed by atoms with Gasteiger partial charge in [-0.3, -0.25) is 10.1 Å². The van der Waals surface area contributed by atoms with Gasteiger partial charge in [0.1, 0.15) is 4.88 Å². The lowest BCUT2D eigenvalue weighted by molar-refractivity contribution is 0.103. The highest BCUT2D eigenvalue weighted by atomic mass is 79.9. The van der Waals surface area contributed by atoms with Crippen LogP contribution in [-0.2, 0) is 0 Å². The molecule has 1 aromatic carbocycles. The average molecular weight is 355 g/mol. The molecule has 0 radical (unpaired) electrons. The SMILES string of the molecule is Cc1nnsc1C(=O)Nc1nc2c(Br)cccc2s1. The number of amides is 1. The number of rotatable bonds is 2. The Balaban J connectivity index is 1.92. The van der Waals surface area contributed by atoms with Gasteiger partial charge >= 0.3 is 0 Å². The highest BCUT2D eigenvalue weighted by molar-refractivity contribution is 9.10. The Hall–Kier alpha value is -1.38. The van der Waals surface area contributed by atoms with E-state index in [1.54, 1.807) is 6.92 Å². The van der Waals surface area contributed by atoms with Crippen LogP contribution in [0.5, 0.6) is 0 Å². The van der Waals surface area contributed by atoms with Crippen LogP contribution in [0.25, 0.3) is 10.2 Å². The summed E-state index contributed by atoms with van der Waals surface area (Å²) < 4.78 is 5.68. The van der Waals surface area contributed by atoms with Crippen molar-refractivity contribution in [1.82, 2.24) is 14.6 Å². The number of nitrogens with one attached hydrogen (secondary N) is 1. The molecular weight excluding hydrogens is 348 g/mol. The van der Waals surface area contributed by atoms with Gasteiger partial charge < -0.3 is 0 Å². The first-order valence-electron chi connectivity index (χ1n) is 5.30. The molecule has 5 nitrogen and oxygen atoms in total. The molecule has 2 aromatic heterocycles. The summed E-state index contributed by atoms with van der Waals surface area (Å²) in [6.45, 7) is 1.76. The molecule has 1 amide bonds. The lowest BCUT2D eigenvalue weighted by Crippen LogP contribution is -2.11. The second kappa shape index (κ2) is 4.95. The zero-order valence-electron chi connectivity index (χ0n) is 9.68. The maximum atomic E-state index is 12.0. The van der Waals surface area contributed by atoms with Gasteiger partial charge in [-0.15, -0.1) is 5.10 Å². The molecule has 0 saturated carbocycles. The molecule has 0 unspecified atom stereocenters. The van der Waals surface area contributed by atoms with Crippen LogP contribution in [-0.4, -0.2) is 20.5 Å². The largest absolute Gasteiger partial charge is 0.297 e. The molecule has 3 rings (SSSR count). The van der Waals surface area contributed by atoms with Gasteiger partial charge in [0.25, 0.3) is 5.91 Å². The summed E-state index contributed by atoms with van der Waals surface area (Å²) in [5.41, 5.74) is 1.48. The van der Waals surface area contributed by atoms with Crippen LogP contribution in [0.15, 0.2) is 22.7 Å². The predicted molar refractivity (Wildman–Crippen MR) is 79.9 cm³/mol. The van der Waals surface area contributed by atoms with Crippen LogP contribution in [0, 0.1) is 6.92 Å². The molecule has 96 valence electrons. The van der Waals surface area contributed by atoms with Crippen LogP contribution in [0.4, 0.5) is 5.13 Å². The van der Waals surface area contributed by atoms with Gasteiger partial charge in [-0.25, -0.2) is 4.98 Å². The molecule has 0 atom stereocenters. The van der Waals surface area contributed by atoms with E-state index >= 15 is 0 Å². The van der Waals surface area contributed by atoms with Gasteiger partial charge in [0.2, 0.25) is 0 Å². The standard InChI is InChI=1S/C11H7BrN4OS2/c1-5-9(19-16-15-5)10(17)14-11-13-8-6(12)3-2-4-7(8)18-11/h2-4H,1H3,(H,13,14,17). The highest BCUT2D eigenvalue weighted by Crippen LogP contribution is 2.31. The molecule has 3 aromatic rings. The van der Waals surface area contributed by atoms with Crippen LogP contribution >= 0.6 is 38.8 Å². The molecule has 2 heterocycles. The number of carbonyl (C=O) groups excluding carboxylic acids is 1. The van der Waals surface area contributed by atoms with E-state index in [1.807, 2.05) is 18.2 Å². The van der Waals surface area contributed by atoms with E-state index in [4.69, 9.17) is 0 Å². The lowest BCUT2D eigenvalue weighted by atomic mass is 10.3. The molecule has 1 N–H and O–H groups in total. The van der Waals surface area contributed by atoms with Crippen molar-refractivity contribution in [3.05, 3.63) is 33.2 Å². The van der Waals surface area contributed by atoms with Crippen LogP contribution in [0.3, 0.4) is 0 Å². The van der Waals surface area contributed by atoms with Gasteiger partial charge in [-0.1, -0.05) is 21.9 Å². The van der Waals surface area contributed by atoms with Crippen LogP contribution in [0.1, 0.15) is 15.4 Å². The van der Waals surface area contributed by atoms with Crippen LogP contribution < -0.4 is 5.32 Å². The highest BCUT2D eigenvalue weighted by Gasteiger charge is 2.15. The number of para-hydroxylation sites is 1. The summed E-state index contributed by atoms with van der Waals surface area (Å²) in [6, 6.07) is 5.82. The average Bonchev–Trinajstić information content (AvgIpc) is 2.95. The second-order valence-electron chi connectivity index (χ2n) is 3.75. The molecule has 0 aliphatic rings. The third-order valence-corrected chi connectivity index (χ3v) is 4.85. The van der Waals surface area contributed by atoms with Gasteiger partial charge in [0, 0.05) is 4.47 Å². The Kier molecular flexibility index (Phi) is 3.29. The zero-order valence-corrected chi connectivity index (χ0v) is 12.9. The number of hydrogen-bond acceptors (Lipinski definition) is 6. The minimum Gasteiger partial charge on any atom is -0.297 e. The fourth-order valence-electron chi connectivity index (χ4n) is 1.56. The van der Waals surface area contributed by atoms with Crippen molar-refractivity contribution in [3.8, 4) is 0 Å². The number of halogens is 1. The van der Waals surface area contributed by atoms with Crippen LogP contribution in [0.2, 0.25) is 0 Å². The first kappa shape index (κ1) is 12.6. The third kappa shape index (κ3) is 2.38. The summed E-state index contributed by atoms with van der Waals surface area (Å²) in [4.78, 5) is 16.9. The Labute approximate surface area is 125 Å². The fourth-order valence-corrected chi connectivity index (χ4v) is 3.59. The normalized spacial score (nSPS) is 10.8. The Morgan fingerprint density at radius 1 is 1.42 bits per heavy atom. The van der Waals surface area contributed by atoms with Crippen molar-refractivity contribution in [2.24, 2.45) is 0 Å². The maximum Gasteiger partial charge on any atom is 0.271 e. The third-order valence-electron chi connectivity index (χ3n) is 2.45. The number of nitrogens with zero attached hydrogens (tertiary/aromatic N) is 3. The van der Waals surface area contributed by atoms with Crippen molar-refractivity contribution < 1.29 is 4.79 Å². The first-order chi connectivity index (χ1) is 9.15. The molecule has 0 aliphatic carbocycles. The van der Waals surface area contributed by atoms with E-state index in [2.05, 4.69) is 35.8 Å². The summed E-state index contributed by atoms with van der Waals surface area (Å²) >= 11 is 5.96. The lowest BCUT2D eigenvalue weighted by Gasteiger charge is -1.97. The van der Waals surface area contributed by atoms with Gasteiger partial charge in [0.15, 0.2) is 5.13 Å². The number of hydrogen-bond donors (Lipinski definition) is 1. The summed E-state index contributed by atoms with van der Waals surface area (Å²) in [5, 5.41) is 7.17. The smallest absolute Gasteiger partial charge is 0.271 e. The Morgan fingerprint density at radius 2 is 2.26 bits per heavy atom. The number of fused-ring (bicyclic) bond motifs is 1. The van der Waals surface area contributed by atoms with E-state index in [9.17, 15) is 4.79 Å². The fraction of sp³-hybridized carbons (Fsp3) is 0.0909. The van der Waals surface area contributed by atoms with E-state index in [1.165, 1.54) is 11.3 Å². The van der Waals surface area contributed by atoms with Gasteiger partial charge in [-0.2, -0.15) is 0 Å². The molecule has 8 heteroatoms. The first-order valence-corrected chi connectivity index (χ1v) is 7.69. The molecule has 0 saturated heterocycles. The van der Waals surface area contributed by atoms with Gasteiger partial charge in [0.05, 0.1) is 15.9 Å². The van der Waals surface area contributed by atoms with Gasteiger partial charge in [-0.05, 0) is 46.5 Å². The Morgan fingerprint density at radius 3 is 2.95 bits per heavy atom. The molecular formula is C11H7BrN4OS2. The molecule has 0 bridgehead atoms. The minimum absolute atomic E-state index is 0.220. The van der Waals surface area contributed by atoms with E-state index < -0.39 is 0 Å². The monoisotopic (exact) mass is 354 g/mol. The van der Waals surface area contributed by atoms with Crippen molar-refractivity contribution in [1.29, 1.82) is 0 Å². The molecule has 19 heavy (non-hydrogen) atoms. The Bertz CT molecular complexity index is 767. The zero-order chi connectivity index (χ0) is 13.4. The van der Waals surface area contributed by atoms with E-state index in [0.29, 0.717) is 15.7 Å².